The molecule has 1 rings (SSSR count). The van der Waals surface area contributed by atoms with E-state index in [2.05, 4.69) is 4.99 Å². The van der Waals surface area contributed by atoms with Crippen molar-refractivity contribution in [3.8, 4) is 0 Å². The van der Waals surface area contributed by atoms with Crippen LogP contribution in [-0.4, -0.2) is 17.0 Å². The van der Waals surface area contributed by atoms with Gasteiger partial charge in [0.15, 0.2) is 0 Å². The SMILES string of the molecule is C/C=C(\N=C(c1ccc(CO)cc1C)C(C)CC)C(F)(F)F. The van der Waals surface area contributed by atoms with Gasteiger partial charge in [0.25, 0.3) is 0 Å². The fourth-order valence-corrected chi connectivity index (χ4v) is 2.16. The number of nitrogens with zero attached hydrogens (tertiary/aromatic N) is 1. The number of allylic oxidation sites excluding steroid dienone is 2. The van der Waals surface area contributed by atoms with Crippen LogP contribution in [0.25, 0.3) is 0 Å². The number of benzene rings is 1. The summed E-state index contributed by atoms with van der Waals surface area (Å²) < 4.78 is 38.9. The molecule has 0 saturated heterocycles. The van der Waals surface area contributed by atoms with Gasteiger partial charge in [0.2, 0.25) is 0 Å². The lowest BCUT2D eigenvalue weighted by atomic mass is 9.92. The van der Waals surface area contributed by atoms with E-state index in [0.717, 1.165) is 17.2 Å². The number of aliphatic imine (C=N–C) groups is 1. The van der Waals surface area contributed by atoms with Crippen molar-refractivity contribution < 1.29 is 18.3 Å². The Morgan fingerprint density at radius 3 is 2.41 bits per heavy atom. The van der Waals surface area contributed by atoms with E-state index in [9.17, 15) is 13.2 Å². The lowest BCUT2D eigenvalue weighted by molar-refractivity contribution is -0.0924. The molecule has 0 aromatic heterocycles. The van der Waals surface area contributed by atoms with Gasteiger partial charge < -0.3 is 5.11 Å². The highest BCUT2D eigenvalue weighted by Crippen LogP contribution is 2.29. The molecule has 1 unspecified atom stereocenters. The summed E-state index contributed by atoms with van der Waals surface area (Å²) in [5, 5.41) is 9.15. The Kier molecular flexibility index (Phi) is 6.35. The minimum atomic E-state index is -4.47. The average molecular weight is 313 g/mol. The van der Waals surface area contributed by atoms with E-state index in [1.54, 1.807) is 18.2 Å². The molecule has 1 N–H and O–H groups in total. The van der Waals surface area contributed by atoms with Crippen LogP contribution in [0.4, 0.5) is 13.2 Å². The van der Waals surface area contributed by atoms with Crippen molar-refractivity contribution in [2.24, 2.45) is 10.9 Å². The van der Waals surface area contributed by atoms with Gasteiger partial charge in [0.05, 0.1) is 12.3 Å². The predicted molar refractivity (Wildman–Crippen MR) is 82.9 cm³/mol. The van der Waals surface area contributed by atoms with Crippen LogP contribution < -0.4 is 0 Å². The highest BCUT2D eigenvalue weighted by atomic mass is 19.4. The van der Waals surface area contributed by atoms with E-state index in [1.807, 2.05) is 20.8 Å². The number of rotatable bonds is 5. The fourth-order valence-electron chi connectivity index (χ4n) is 2.16. The van der Waals surface area contributed by atoms with Crippen molar-refractivity contribution in [2.75, 3.05) is 0 Å². The van der Waals surface area contributed by atoms with Crippen molar-refractivity contribution in [2.45, 2.75) is 46.9 Å². The number of aliphatic hydroxyl groups excluding tert-OH is 1. The van der Waals surface area contributed by atoms with Gasteiger partial charge in [-0.3, -0.25) is 0 Å². The van der Waals surface area contributed by atoms with E-state index in [0.29, 0.717) is 17.7 Å². The first-order valence-electron chi connectivity index (χ1n) is 7.27. The summed E-state index contributed by atoms with van der Waals surface area (Å²) in [7, 11) is 0. The maximum atomic E-state index is 13.0. The van der Waals surface area contributed by atoms with Gasteiger partial charge in [-0.15, -0.1) is 0 Å². The molecule has 1 aromatic carbocycles. The Hall–Kier alpha value is -1.62. The van der Waals surface area contributed by atoms with Gasteiger partial charge in [-0.1, -0.05) is 38.1 Å². The highest BCUT2D eigenvalue weighted by Gasteiger charge is 2.34. The van der Waals surface area contributed by atoms with E-state index in [4.69, 9.17) is 5.11 Å². The average Bonchev–Trinajstić information content (AvgIpc) is 2.47. The van der Waals surface area contributed by atoms with Gasteiger partial charge in [-0.25, -0.2) is 4.99 Å². The lowest BCUT2D eigenvalue weighted by Crippen LogP contribution is -2.18. The summed E-state index contributed by atoms with van der Waals surface area (Å²) in [6.07, 6.45) is -2.79. The van der Waals surface area contributed by atoms with Crippen LogP contribution in [0.5, 0.6) is 0 Å². The molecule has 0 aliphatic heterocycles. The summed E-state index contributed by atoms with van der Waals surface area (Å²) in [4.78, 5) is 3.91. The fraction of sp³-hybridized carbons (Fsp3) is 0.471. The van der Waals surface area contributed by atoms with Gasteiger partial charge in [0.1, 0.15) is 5.70 Å². The minimum absolute atomic E-state index is 0.0976. The smallest absolute Gasteiger partial charge is 0.392 e. The molecule has 0 amide bonds. The second kappa shape index (κ2) is 7.58. The van der Waals surface area contributed by atoms with Crippen molar-refractivity contribution in [3.63, 3.8) is 0 Å². The largest absolute Gasteiger partial charge is 0.433 e. The van der Waals surface area contributed by atoms with Crippen LogP contribution in [0.15, 0.2) is 35.0 Å². The van der Waals surface area contributed by atoms with E-state index >= 15 is 0 Å². The summed E-state index contributed by atoms with van der Waals surface area (Å²) in [5.74, 6) is -0.101. The number of aliphatic hydroxyl groups is 1. The summed E-state index contributed by atoms with van der Waals surface area (Å²) >= 11 is 0. The number of aryl methyl sites for hydroxylation is 1. The highest BCUT2D eigenvalue weighted by molar-refractivity contribution is 6.03. The molecule has 0 fully saturated rings. The van der Waals surface area contributed by atoms with Crippen molar-refractivity contribution in [1.82, 2.24) is 0 Å². The third-order valence-corrected chi connectivity index (χ3v) is 3.63. The Morgan fingerprint density at radius 1 is 1.36 bits per heavy atom. The van der Waals surface area contributed by atoms with Gasteiger partial charge >= 0.3 is 6.18 Å². The number of hydrogen-bond acceptors (Lipinski definition) is 2. The standard InChI is InChI=1S/C17H22F3NO/c1-5-11(3)16(21-15(6-2)17(18,19)20)14-8-7-13(10-22)9-12(14)4/h6-9,11,22H,5,10H2,1-4H3/b15-6-,21-16?. The molecule has 2 nitrogen and oxygen atoms in total. The first kappa shape index (κ1) is 18.4. The molecule has 0 bridgehead atoms. The first-order chi connectivity index (χ1) is 10.2. The molecule has 1 aromatic rings. The zero-order chi connectivity index (χ0) is 16.9. The zero-order valence-electron chi connectivity index (χ0n) is 13.3. The molecule has 0 aliphatic rings. The maximum absolute atomic E-state index is 13.0. The molecule has 0 spiro atoms. The van der Waals surface area contributed by atoms with E-state index in [-0.39, 0.29) is 12.5 Å². The lowest BCUT2D eigenvalue weighted by Gasteiger charge is -2.18. The number of hydrogen-bond donors (Lipinski definition) is 1. The summed E-state index contributed by atoms with van der Waals surface area (Å²) in [6.45, 7) is 6.83. The molecule has 1 atom stereocenters. The number of halogens is 3. The van der Waals surface area contributed by atoms with Crippen molar-refractivity contribution >= 4 is 5.71 Å². The van der Waals surface area contributed by atoms with Crippen molar-refractivity contribution in [3.05, 3.63) is 46.7 Å². The molecular formula is C17H22F3NO. The predicted octanol–water partition coefficient (Wildman–Crippen LogP) is 4.79. The van der Waals surface area contributed by atoms with Gasteiger partial charge in [0, 0.05) is 0 Å². The molecule has 5 heteroatoms. The Bertz CT molecular complexity index is 574. The molecule has 22 heavy (non-hydrogen) atoms. The first-order valence-corrected chi connectivity index (χ1v) is 7.27. The zero-order valence-corrected chi connectivity index (χ0v) is 13.3. The van der Waals surface area contributed by atoms with Gasteiger partial charge in [-0.05, 0) is 42.9 Å². The third kappa shape index (κ3) is 4.44. The van der Waals surface area contributed by atoms with Crippen LogP contribution in [0, 0.1) is 12.8 Å². The van der Waals surface area contributed by atoms with Crippen LogP contribution >= 0.6 is 0 Å². The van der Waals surface area contributed by atoms with Crippen LogP contribution in [0.1, 0.15) is 43.9 Å². The van der Waals surface area contributed by atoms with Gasteiger partial charge in [-0.2, -0.15) is 13.2 Å². The third-order valence-electron chi connectivity index (χ3n) is 3.63. The Labute approximate surface area is 129 Å². The monoisotopic (exact) mass is 313 g/mol. The molecule has 0 heterocycles. The van der Waals surface area contributed by atoms with Crippen LogP contribution in [0.2, 0.25) is 0 Å². The van der Waals surface area contributed by atoms with Crippen LogP contribution in [-0.2, 0) is 6.61 Å². The molecular weight excluding hydrogens is 291 g/mol. The quantitative estimate of drug-likeness (QED) is 0.779. The second-order valence-corrected chi connectivity index (χ2v) is 5.29. The Balaban J connectivity index is 3.42. The summed E-state index contributed by atoms with van der Waals surface area (Å²) in [6, 6.07) is 5.22. The molecule has 0 aliphatic carbocycles. The maximum Gasteiger partial charge on any atom is 0.433 e. The molecule has 0 radical (unpaired) electrons. The Morgan fingerprint density at radius 2 is 2.00 bits per heavy atom. The van der Waals surface area contributed by atoms with Crippen molar-refractivity contribution in [1.29, 1.82) is 0 Å². The number of alkyl halides is 3. The van der Waals surface area contributed by atoms with Crippen LogP contribution in [0.3, 0.4) is 0 Å². The second-order valence-electron chi connectivity index (χ2n) is 5.29. The summed E-state index contributed by atoms with van der Waals surface area (Å²) in [5.41, 5.74) is 1.77. The topological polar surface area (TPSA) is 32.6 Å². The van der Waals surface area contributed by atoms with E-state index in [1.165, 1.54) is 6.92 Å². The normalized spacial score (nSPS) is 15.1. The minimum Gasteiger partial charge on any atom is -0.392 e. The van der Waals surface area contributed by atoms with E-state index < -0.39 is 11.9 Å². The molecule has 122 valence electrons. The molecule has 0 saturated carbocycles.